The van der Waals surface area contributed by atoms with E-state index in [1.807, 2.05) is 45.3 Å². The molecule has 6 rings (SSSR count). The van der Waals surface area contributed by atoms with E-state index in [2.05, 4.69) is 61.2 Å². The van der Waals surface area contributed by atoms with Gasteiger partial charge in [0.2, 0.25) is 0 Å². The van der Waals surface area contributed by atoms with E-state index in [9.17, 15) is 4.79 Å². The minimum atomic E-state index is 0.0326. The summed E-state index contributed by atoms with van der Waals surface area (Å²) in [6.07, 6.45) is 57.7. The molecular formula is C68H108N4OS4. The highest BCUT2D eigenvalue weighted by atomic mass is 32.1. The number of aromatic nitrogens is 2. The Hall–Kier alpha value is -2.59. The van der Waals surface area contributed by atoms with Crippen molar-refractivity contribution < 1.29 is 4.79 Å². The SMILES string of the molecule is CCCCCCCCCCCCc1ccsc1-c1nc(CCCCCCCCCCCC)c(C2=C3CNC(c4sc(-c5sccc5CCCCCCCCCCCC)nc4CCCCCCCCCCCC)=C3C(=O)N2)s1. The molecule has 2 aliphatic heterocycles. The molecule has 4 aromatic heterocycles. The van der Waals surface area contributed by atoms with E-state index in [1.165, 1.54) is 286 Å². The lowest BCUT2D eigenvalue weighted by Crippen LogP contribution is -2.19. The molecule has 0 bridgehead atoms. The van der Waals surface area contributed by atoms with Crippen LogP contribution in [-0.4, -0.2) is 22.4 Å². The van der Waals surface area contributed by atoms with E-state index in [0.717, 1.165) is 71.1 Å². The molecule has 0 unspecified atom stereocenters. The molecule has 6 heterocycles. The molecule has 2 aliphatic rings. The topological polar surface area (TPSA) is 66.9 Å². The Balaban J connectivity index is 1.19. The molecular weight excluding hydrogens is 1020 g/mol. The van der Waals surface area contributed by atoms with Gasteiger partial charge in [0.05, 0.1) is 47.9 Å². The van der Waals surface area contributed by atoms with E-state index in [1.54, 1.807) is 0 Å². The van der Waals surface area contributed by atoms with Crippen LogP contribution in [0, 0.1) is 0 Å². The highest BCUT2D eigenvalue weighted by Crippen LogP contribution is 2.46. The lowest BCUT2D eigenvalue weighted by atomic mass is 10.0. The molecule has 5 nitrogen and oxygen atoms in total. The number of aryl methyl sites for hydroxylation is 4. The molecule has 0 radical (unpaired) electrons. The first kappa shape index (κ1) is 63.6. The van der Waals surface area contributed by atoms with Gasteiger partial charge in [0.15, 0.2) is 0 Å². The Kier molecular flexibility index (Phi) is 32.2. The summed E-state index contributed by atoms with van der Waals surface area (Å²) >= 11 is 7.38. The van der Waals surface area contributed by atoms with Crippen molar-refractivity contribution in [2.45, 2.75) is 310 Å². The molecule has 0 spiro atoms. The van der Waals surface area contributed by atoms with Crippen LogP contribution >= 0.6 is 45.3 Å². The van der Waals surface area contributed by atoms with Crippen molar-refractivity contribution in [2.24, 2.45) is 0 Å². The number of nitrogens with zero attached hydrogens (tertiary/aromatic N) is 2. The number of thiophene rings is 2. The molecule has 0 aromatic carbocycles. The Morgan fingerprint density at radius 2 is 0.701 bits per heavy atom. The van der Waals surface area contributed by atoms with Crippen molar-refractivity contribution >= 4 is 62.6 Å². The van der Waals surface area contributed by atoms with Crippen molar-refractivity contribution in [2.75, 3.05) is 6.54 Å². The Morgan fingerprint density at radius 3 is 1.05 bits per heavy atom. The van der Waals surface area contributed by atoms with Crippen LogP contribution in [0.15, 0.2) is 34.0 Å². The molecule has 2 N–H and O–H groups in total. The van der Waals surface area contributed by atoms with Crippen LogP contribution in [0.5, 0.6) is 0 Å². The average molecular weight is 1130 g/mol. The van der Waals surface area contributed by atoms with Crippen LogP contribution in [0.1, 0.15) is 317 Å². The first-order valence-electron chi connectivity index (χ1n) is 32.7. The second-order valence-corrected chi connectivity index (χ2v) is 27.1. The highest BCUT2D eigenvalue weighted by molar-refractivity contribution is 7.22. The summed E-state index contributed by atoms with van der Waals surface area (Å²) in [7, 11) is 0. The van der Waals surface area contributed by atoms with Gasteiger partial charge in [0.25, 0.3) is 5.91 Å². The largest absolute Gasteiger partial charge is 0.379 e. The Bertz CT molecular complexity index is 2270. The van der Waals surface area contributed by atoms with Crippen LogP contribution in [0.2, 0.25) is 0 Å². The summed E-state index contributed by atoms with van der Waals surface area (Å²) in [5.74, 6) is 0.0326. The third kappa shape index (κ3) is 22.0. The van der Waals surface area contributed by atoms with Gasteiger partial charge in [-0.1, -0.05) is 259 Å². The molecule has 1 amide bonds. The van der Waals surface area contributed by atoms with Crippen molar-refractivity contribution in [3.63, 3.8) is 0 Å². The second-order valence-electron chi connectivity index (χ2n) is 23.3. The van der Waals surface area contributed by atoms with Gasteiger partial charge in [0, 0.05) is 12.1 Å². The molecule has 9 heteroatoms. The number of unbranched alkanes of at least 4 members (excludes halogenated alkanes) is 36. The lowest BCUT2D eigenvalue weighted by Gasteiger charge is -2.08. The average Bonchev–Trinajstić information content (AvgIpc) is 4.35. The minimum Gasteiger partial charge on any atom is -0.379 e. The first-order chi connectivity index (χ1) is 38.1. The first-order valence-corrected chi connectivity index (χ1v) is 36.1. The number of hydrogen-bond donors (Lipinski definition) is 2. The zero-order valence-corrected chi connectivity index (χ0v) is 52.8. The second kappa shape index (κ2) is 38.9. The molecule has 0 fully saturated rings. The maximum absolute atomic E-state index is 14.6. The maximum Gasteiger partial charge on any atom is 0.258 e. The molecule has 0 aliphatic carbocycles. The molecule has 4 aromatic rings. The van der Waals surface area contributed by atoms with Gasteiger partial charge in [-0.25, -0.2) is 9.97 Å². The van der Waals surface area contributed by atoms with Crippen LogP contribution in [0.25, 0.3) is 31.2 Å². The number of carbonyl (C=O) groups is 1. The number of amides is 1. The van der Waals surface area contributed by atoms with Crippen LogP contribution < -0.4 is 10.6 Å². The fraction of sp³-hybridized carbons (Fsp3) is 0.721. The summed E-state index contributed by atoms with van der Waals surface area (Å²) in [4.78, 5) is 30.7. The van der Waals surface area contributed by atoms with E-state index >= 15 is 0 Å². The molecule has 77 heavy (non-hydrogen) atoms. The molecule has 0 atom stereocenters. The zero-order valence-electron chi connectivity index (χ0n) is 49.6. The number of thiazole rings is 2. The van der Waals surface area contributed by atoms with Crippen molar-refractivity contribution in [3.05, 3.63) is 66.3 Å². The molecule has 0 saturated carbocycles. The molecule has 430 valence electrons. The summed E-state index contributed by atoms with van der Waals surface area (Å²) in [6.45, 7) is 9.87. The fourth-order valence-electron chi connectivity index (χ4n) is 11.8. The Morgan fingerprint density at radius 1 is 0.390 bits per heavy atom. The number of carbonyl (C=O) groups excluding carboxylic acids is 1. The predicted molar refractivity (Wildman–Crippen MR) is 343 cm³/mol. The molecule has 0 saturated heterocycles. The zero-order chi connectivity index (χ0) is 54.0. The quantitative estimate of drug-likeness (QED) is 0.0433. The minimum absolute atomic E-state index is 0.0326. The smallest absolute Gasteiger partial charge is 0.258 e. The van der Waals surface area contributed by atoms with E-state index in [0.29, 0.717) is 6.54 Å². The van der Waals surface area contributed by atoms with Gasteiger partial charge >= 0.3 is 0 Å². The third-order valence-corrected chi connectivity index (χ3v) is 21.1. The van der Waals surface area contributed by atoms with E-state index < -0.39 is 0 Å². The van der Waals surface area contributed by atoms with Gasteiger partial charge in [-0.05, 0) is 85.4 Å². The fourth-order valence-corrected chi connectivity index (χ4v) is 16.3. The van der Waals surface area contributed by atoms with Crippen LogP contribution in [-0.2, 0) is 30.5 Å². The third-order valence-electron chi connectivity index (χ3n) is 16.6. The number of hydrogen-bond acceptors (Lipinski definition) is 8. The van der Waals surface area contributed by atoms with Crippen LogP contribution in [0.4, 0.5) is 0 Å². The van der Waals surface area contributed by atoms with Gasteiger partial charge in [-0.2, -0.15) is 0 Å². The summed E-state index contributed by atoms with van der Waals surface area (Å²) < 4.78 is 0. The van der Waals surface area contributed by atoms with Crippen molar-refractivity contribution in [3.8, 4) is 19.8 Å². The number of fused-ring (bicyclic) bond motifs is 1. The van der Waals surface area contributed by atoms with Crippen molar-refractivity contribution in [1.29, 1.82) is 0 Å². The normalized spacial score (nSPS) is 13.5. The van der Waals surface area contributed by atoms with Gasteiger partial charge in [-0.3, -0.25) is 4.79 Å². The standard InChI is InChI=1S/C68H108N4OS4/c1-5-9-13-17-21-25-29-33-37-41-45-54-49-51-74-62(54)67-70-57(47-43-39-35-31-27-23-19-15-11-7-3)64(76-67)60-56-53-69-61(59(56)66(73)72-60)65-58(48-44-40-36-32-28-24-20-16-12-8-4)71-68(77-65)63-55(50-52-75-63)46-42-38-34-30-26-22-18-14-10-6-2/h49-52,69H,5-48,53H2,1-4H3,(H,72,73). The Labute approximate surface area is 487 Å². The van der Waals surface area contributed by atoms with Crippen LogP contribution in [0.3, 0.4) is 0 Å². The van der Waals surface area contributed by atoms with E-state index in [-0.39, 0.29) is 5.91 Å². The lowest BCUT2D eigenvalue weighted by molar-refractivity contribution is -0.115. The summed E-state index contributed by atoms with van der Waals surface area (Å²) in [5, 5.41) is 14.2. The van der Waals surface area contributed by atoms with Gasteiger partial charge in [0.1, 0.15) is 10.0 Å². The van der Waals surface area contributed by atoms with Crippen molar-refractivity contribution in [1.82, 2.24) is 20.6 Å². The summed E-state index contributed by atoms with van der Waals surface area (Å²) in [6, 6.07) is 4.72. The monoisotopic (exact) mass is 1120 g/mol. The highest BCUT2D eigenvalue weighted by Gasteiger charge is 2.39. The number of nitrogens with one attached hydrogen (secondary N) is 2. The van der Waals surface area contributed by atoms with Gasteiger partial charge in [-0.15, -0.1) is 45.3 Å². The maximum atomic E-state index is 14.6. The van der Waals surface area contributed by atoms with Gasteiger partial charge < -0.3 is 10.6 Å². The van der Waals surface area contributed by atoms with E-state index in [4.69, 9.17) is 9.97 Å². The number of rotatable bonds is 48. The predicted octanol–water partition coefficient (Wildman–Crippen LogP) is 22.8. The summed E-state index contributed by atoms with van der Waals surface area (Å²) in [5.41, 5.74) is 9.23.